The number of alkyl halides is 3. The van der Waals surface area contributed by atoms with Crippen molar-refractivity contribution in [2.75, 3.05) is 9.86 Å². The number of benzene rings is 1. The molecule has 3 heteroatoms. The van der Waals surface area contributed by atoms with Gasteiger partial charge in [0.05, 0.1) is 0 Å². The van der Waals surface area contributed by atoms with Crippen LogP contribution in [0.5, 0.6) is 5.75 Å². The molecule has 1 saturated carbocycles. The average Bonchev–Trinajstić information content (AvgIpc) is 2.53. The molecule has 0 spiro atoms. The van der Waals surface area contributed by atoms with E-state index in [0.717, 1.165) is 9.67 Å². The SMILES string of the molecule is CC(Oc1ccc([C@@H](CC(C)(C)C)I(C)C)cc1)OC1CCCCC1. The first-order valence-corrected chi connectivity index (χ1v) is 15.2. The Labute approximate surface area is 162 Å². The van der Waals surface area contributed by atoms with Crippen LogP contribution >= 0.6 is 19.8 Å². The number of hydrogen-bond acceptors (Lipinski definition) is 2. The van der Waals surface area contributed by atoms with E-state index in [1.165, 1.54) is 44.1 Å². The van der Waals surface area contributed by atoms with E-state index in [0.29, 0.717) is 11.5 Å². The zero-order chi connectivity index (χ0) is 18.4. The van der Waals surface area contributed by atoms with E-state index >= 15 is 0 Å². The fourth-order valence-electron chi connectivity index (χ4n) is 3.51. The molecule has 2 atom stereocenters. The molecule has 1 aliphatic rings. The summed E-state index contributed by atoms with van der Waals surface area (Å²) in [5.41, 5.74) is 1.86. The molecule has 2 nitrogen and oxygen atoms in total. The first-order chi connectivity index (χ1) is 11.7. The van der Waals surface area contributed by atoms with E-state index in [9.17, 15) is 0 Å². The van der Waals surface area contributed by atoms with Gasteiger partial charge in [0, 0.05) is 0 Å². The second-order valence-corrected chi connectivity index (χ2v) is 14.8. The van der Waals surface area contributed by atoms with E-state index in [2.05, 4.69) is 54.9 Å². The normalized spacial score (nSPS) is 19.4. The van der Waals surface area contributed by atoms with Crippen LogP contribution in [0.1, 0.15) is 75.7 Å². The van der Waals surface area contributed by atoms with Gasteiger partial charge in [-0.1, -0.05) is 0 Å². The first kappa shape index (κ1) is 21.0. The van der Waals surface area contributed by atoms with Gasteiger partial charge in [0.15, 0.2) is 0 Å². The molecule has 1 fully saturated rings. The van der Waals surface area contributed by atoms with E-state index in [4.69, 9.17) is 9.47 Å². The Balaban J connectivity index is 1.93. The van der Waals surface area contributed by atoms with Gasteiger partial charge in [0.25, 0.3) is 0 Å². The monoisotopic (exact) mass is 460 g/mol. The molecule has 0 saturated heterocycles. The summed E-state index contributed by atoms with van der Waals surface area (Å²) in [5, 5.41) is 0. The van der Waals surface area contributed by atoms with Gasteiger partial charge in [-0.3, -0.25) is 0 Å². The average molecular weight is 460 g/mol. The molecule has 0 aromatic heterocycles. The van der Waals surface area contributed by atoms with Crippen LogP contribution in [0.3, 0.4) is 0 Å². The maximum atomic E-state index is 6.06. The third-order valence-electron chi connectivity index (χ3n) is 4.80. The van der Waals surface area contributed by atoms with Gasteiger partial charge in [0.1, 0.15) is 0 Å². The molecule has 0 amide bonds. The molecular weight excluding hydrogens is 423 g/mol. The van der Waals surface area contributed by atoms with E-state index in [-0.39, 0.29) is 6.29 Å². The van der Waals surface area contributed by atoms with E-state index in [1.54, 1.807) is 0 Å². The van der Waals surface area contributed by atoms with Crippen molar-refractivity contribution in [2.45, 2.75) is 82.5 Å². The summed E-state index contributed by atoms with van der Waals surface area (Å²) >= 11 is -0.925. The molecule has 1 aromatic rings. The van der Waals surface area contributed by atoms with Gasteiger partial charge >= 0.3 is 163 Å². The van der Waals surface area contributed by atoms with Gasteiger partial charge in [-0.15, -0.1) is 0 Å². The van der Waals surface area contributed by atoms with Crippen molar-refractivity contribution in [1.82, 2.24) is 0 Å². The van der Waals surface area contributed by atoms with Crippen LogP contribution in [0.2, 0.25) is 0 Å². The third kappa shape index (κ3) is 7.46. The summed E-state index contributed by atoms with van der Waals surface area (Å²) in [6.07, 6.45) is 7.79. The van der Waals surface area contributed by atoms with Crippen LogP contribution in [0.15, 0.2) is 24.3 Å². The number of halogens is 1. The Morgan fingerprint density at radius 3 is 2.16 bits per heavy atom. The van der Waals surface area contributed by atoms with Gasteiger partial charge in [-0.05, 0) is 0 Å². The fraction of sp³-hybridized carbons (Fsp3) is 0.727. The van der Waals surface area contributed by atoms with Crippen molar-refractivity contribution in [2.24, 2.45) is 5.41 Å². The van der Waals surface area contributed by atoms with Crippen LogP contribution in [-0.4, -0.2) is 22.3 Å². The zero-order valence-corrected chi connectivity index (χ0v) is 19.1. The summed E-state index contributed by atoms with van der Waals surface area (Å²) in [6.45, 7) is 9.07. The van der Waals surface area contributed by atoms with Crippen molar-refractivity contribution in [3.05, 3.63) is 29.8 Å². The molecule has 25 heavy (non-hydrogen) atoms. The molecule has 0 N–H and O–H groups in total. The summed E-state index contributed by atoms with van der Waals surface area (Å²) < 4.78 is 12.8. The first-order valence-electron chi connectivity index (χ1n) is 9.65. The summed E-state index contributed by atoms with van der Waals surface area (Å²) in [7, 11) is 0. The second kappa shape index (κ2) is 9.59. The zero-order valence-electron chi connectivity index (χ0n) is 17.0. The summed E-state index contributed by atoms with van der Waals surface area (Å²) in [5.74, 6) is 0.925. The Morgan fingerprint density at radius 2 is 1.64 bits per heavy atom. The molecule has 1 unspecified atom stereocenters. The number of hydrogen-bond donors (Lipinski definition) is 0. The van der Waals surface area contributed by atoms with Crippen molar-refractivity contribution in [1.29, 1.82) is 0 Å². The maximum absolute atomic E-state index is 6.06. The Hall–Kier alpha value is -0.290. The van der Waals surface area contributed by atoms with Crippen LogP contribution < -0.4 is 4.74 Å². The molecule has 144 valence electrons. The van der Waals surface area contributed by atoms with Crippen LogP contribution in [0.4, 0.5) is 0 Å². The van der Waals surface area contributed by atoms with Crippen molar-refractivity contribution >= 4 is 19.8 Å². The molecule has 1 aromatic carbocycles. The predicted molar refractivity (Wildman–Crippen MR) is 117 cm³/mol. The minimum absolute atomic E-state index is 0.167. The van der Waals surface area contributed by atoms with Gasteiger partial charge in [-0.2, -0.15) is 0 Å². The van der Waals surface area contributed by atoms with Crippen LogP contribution in [-0.2, 0) is 4.74 Å². The standard InChI is InChI=1S/C22H37IO2/c1-17(24-19-10-8-7-9-11-19)25-20-14-12-18(13-15-20)21(23(5)6)16-22(2,3)4/h12-15,17,19,21H,7-11,16H2,1-6H3/t17?,21-/m1/s1. The quantitative estimate of drug-likeness (QED) is 0.248. The molecule has 1 aliphatic carbocycles. The van der Waals surface area contributed by atoms with Gasteiger partial charge in [-0.25, -0.2) is 0 Å². The summed E-state index contributed by atoms with van der Waals surface area (Å²) in [6, 6.07) is 8.81. The van der Waals surface area contributed by atoms with Crippen LogP contribution in [0, 0.1) is 5.41 Å². The molecule has 0 radical (unpaired) electrons. The topological polar surface area (TPSA) is 18.5 Å². The Kier molecular flexibility index (Phi) is 8.06. The second-order valence-electron chi connectivity index (χ2n) is 8.70. The van der Waals surface area contributed by atoms with Crippen molar-refractivity contribution in [3.8, 4) is 5.75 Å². The Bertz CT molecular complexity index is 498. The number of ether oxygens (including phenoxy) is 2. The molecule has 0 aliphatic heterocycles. The van der Waals surface area contributed by atoms with Crippen molar-refractivity contribution in [3.63, 3.8) is 0 Å². The van der Waals surface area contributed by atoms with E-state index < -0.39 is 19.8 Å². The van der Waals surface area contributed by atoms with E-state index in [1.807, 2.05) is 6.92 Å². The fourth-order valence-corrected chi connectivity index (χ4v) is 7.56. The molecule has 2 rings (SSSR count). The van der Waals surface area contributed by atoms with Gasteiger partial charge < -0.3 is 0 Å². The molecular formula is C22H37IO2. The van der Waals surface area contributed by atoms with Gasteiger partial charge in [0.2, 0.25) is 0 Å². The van der Waals surface area contributed by atoms with Crippen LogP contribution in [0.25, 0.3) is 0 Å². The Morgan fingerprint density at radius 1 is 1.04 bits per heavy atom. The molecule has 0 heterocycles. The molecule has 0 bridgehead atoms. The number of rotatable bonds is 7. The minimum atomic E-state index is -0.925. The van der Waals surface area contributed by atoms with Crippen molar-refractivity contribution < 1.29 is 9.47 Å². The third-order valence-corrected chi connectivity index (χ3v) is 8.97. The summed E-state index contributed by atoms with van der Waals surface area (Å²) in [4.78, 5) is 4.95. The predicted octanol–water partition coefficient (Wildman–Crippen LogP) is 7.00.